The van der Waals surface area contributed by atoms with Crippen molar-refractivity contribution in [3.63, 3.8) is 0 Å². The van der Waals surface area contributed by atoms with Crippen LogP contribution in [0, 0.1) is 0 Å². The lowest BCUT2D eigenvalue weighted by molar-refractivity contribution is -0.119. The van der Waals surface area contributed by atoms with Gasteiger partial charge in [-0.05, 0) is 62.4 Å². The van der Waals surface area contributed by atoms with Crippen LogP contribution in [0.15, 0.2) is 42.5 Å². The van der Waals surface area contributed by atoms with Gasteiger partial charge in [-0.2, -0.15) is 0 Å². The fraction of sp³-hybridized carbons (Fsp3) is 0.417. The summed E-state index contributed by atoms with van der Waals surface area (Å²) >= 11 is 0. The van der Waals surface area contributed by atoms with Crippen molar-refractivity contribution in [2.45, 2.75) is 44.6 Å². The standard InChI is InChI=1S/C24H27N3O2/c1-24(2)19-8-7-17(15-20(19)25-23(24)29)22(28)26-12-10-18(11-13-26)27-14-9-16-5-3-4-6-21(16)27/h3-8,15,18H,9-14H2,1-2H3,(H,25,29). The van der Waals surface area contributed by atoms with Crippen molar-refractivity contribution in [1.82, 2.24) is 4.90 Å². The van der Waals surface area contributed by atoms with Crippen LogP contribution in [0.2, 0.25) is 0 Å². The Kier molecular flexibility index (Phi) is 4.16. The summed E-state index contributed by atoms with van der Waals surface area (Å²) in [6, 6.07) is 14.8. The maximum atomic E-state index is 13.1. The number of piperidine rings is 1. The highest BCUT2D eigenvalue weighted by molar-refractivity contribution is 6.07. The number of likely N-dealkylation sites (tertiary alicyclic amines) is 1. The average molecular weight is 389 g/mol. The zero-order valence-corrected chi connectivity index (χ0v) is 17.1. The van der Waals surface area contributed by atoms with Gasteiger partial charge in [0.25, 0.3) is 5.91 Å². The highest BCUT2D eigenvalue weighted by atomic mass is 16.2. The molecule has 1 saturated heterocycles. The highest BCUT2D eigenvalue weighted by Gasteiger charge is 2.39. The van der Waals surface area contributed by atoms with Gasteiger partial charge < -0.3 is 15.1 Å². The molecule has 2 amide bonds. The number of benzene rings is 2. The normalized spacial score (nSPS) is 20.4. The minimum Gasteiger partial charge on any atom is -0.368 e. The molecule has 0 bridgehead atoms. The van der Waals surface area contributed by atoms with E-state index < -0.39 is 5.41 Å². The molecule has 0 radical (unpaired) electrons. The van der Waals surface area contributed by atoms with Crippen LogP contribution in [0.5, 0.6) is 0 Å². The maximum Gasteiger partial charge on any atom is 0.253 e. The van der Waals surface area contributed by atoms with Crippen molar-refractivity contribution in [2.24, 2.45) is 0 Å². The number of nitrogens with zero attached hydrogens (tertiary/aromatic N) is 2. The van der Waals surface area contributed by atoms with Crippen LogP contribution >= 0.6 is 0 Å². The van der Waals surface area contributed by atoms with Gasteiger partial charge in [-0.1, -0.05) is 24.3 Å². The van der Waals surface area contributed by atoms with Gasteiger partial charge in [0, 0.05) is 42.6 Å². The molecule has 1 N–H and O–H groups in total. The number of para-hydroxylation sites is 1. The van der Waals surface area contributed by atoms with Crippen LogP contribution in [0.25, 0.3) is 0 Å². The first-order chi connectivity index (χ1) is 13.9. The molecule has 29 heavy (non-hydrogen) atoms. The van der Waals surface area contributed by atoms with Crippen molar-refractivity contribution >= 4 is 23.2 Å². The van der Waals surface area contributed by atoms with Gasteiger partial charge >= 0.3 is 0 Å². The summed E-state index contributed by atoms with van der Waals surface area (Å²) < 4.78 is 0. The molecule has 150 valence electrons. The van der Waals surface area contributed by atoms with E-state index in [1.54, 1.807) is 0 Å². The van der Waals surface area contributed by atoms with E-state index in [0.717, 1.165) is 50.1 Å². The summed E-state index contributed by atoms with van der Waals surface area (Å²) in [5, 5.41) is 2.92. The Balaban J connectivity index is 1.27. The third-order valence-electron chi connectivity index (χ3n) is 6.87. The van der Waals surface area contributed by atoms with E-state index in [9.17, 15) is 9.59 Å². The predicted octanol–water partition coefficient (Wildman–Crippen LogP) is 3.58. The Labute approximate surface area is 171 Å². The van der Waals surface area contributed by atoms with Gasteiger partial charge in [-0.25, -0.2) is 0 Å². The molecule has 3 aliphatic rings. The zero-order valence-electron chi connectivity index (χ0n) is 17.1. The number of fused-ring (bicyclic) bond motifs is 2. The predicted molar refractivity (Wildman–Crippen MR) is 115 cm³/mol. The first kappa shape index (κ1) is 18.2. The number of hydrogen-bond donors (Lipinski definition) is 1. The van der Waals surface area contributed by atoms with Crippen molar-refractivity contribution in [3.05, 3.63) is 59.2 Å². The Morgan fingerprint density at radius 1 is 1.07 bits per heavy atom. The summed E-state index contributed by atoms with van der Waals surface area (Å²) in [6.45, 7) is 6.46. The number of nitrogens with one attached hydrogen (secondary N) is 1. The molecule has 5 rings (SSSR count). The lowest BCUT2D eigenvalue weighted by Gasteiger charge is -2.38. The van der Waals surface area contributed by atoms with E-state index in [0.29, 0.717) is 11.6 Å². The van der Waals surface area contributed by atoms with E-state index in [1.807, 2.05) is 36.9 Å². The molecule has 0 aliphatic carbocycles. The zero-order chi connectivity index (χ0) is 20.2. The molecule has 5 heteroatoms. The average Bonchev–Trinajstić information content (AvgIpc) is 3.26. The van der Waals surface area contributed by atoms with Gasteiger partial charge in [-0.3, -0.25) is 9.59 Å². The third-order valence-corrected chi connectivity index (χ3v) is 6.87. The van der Waals surface area contributed by atoms with Gasteiger partial charge in [0.2, 0.25) is 5.91 Å². The quantitative estimate of drug-likeness (QED) is 0.854. The first-order valence-electron chi connectivity index (χ1n) is 10.5. The van der Waals surface area contributed by atoms with Crippen molar-refractivity contribution in [2.75, 3.05) is 29.9 Å². The van der Waals surface area contributed by atoms with Crippen LogP contribution in [0.3, 0.4) is 0 Å². The highest BCUT2D eigenvalue weighted by Crippen LogP contribution is 2.38. The second-order valence-corrected chi connectivity index (χ2v) is 8.93. The maximum absolute atomic E-state index is 13.1. The van der Waals surface area contributed by atoms with Crippen LogP contribution in [-0.4, -0.2) is 42.4 Å². The van der Waals surface area contributed by atoms with E-state index >= 15 is 0 Å². The second kappa shape index (κ2) is 6.61. The SMILES string of the molecule is CC1(C)C(=O)Nc2cc(C(=O)N3CCC(N4CCc5ccccc54)CC3)ccc21. The van der Waals surface area contributed by atoms with Gasteiger partial charge in [0.1, 0.15) is 0 Å². The van der Waals surface area contributed by atoms with Crippen LogP contribution < -0.4 is 10.2 Å². The number of rotatable bonds is 2. The number of anilines is 2. The third kappa shape index (κ3) is 2.91. The monoisotopic (exact) mass is 389 g/mol. The summed E-state index contributed by atoms with van der Waals surface area (Å²) in [5.41, 5.74) is 4.66. The van der Waals surface area contributed by atoms with Crippen molar-refractivity contribution in [3.8, 4) is 0 Å². The molecule has 0 aromatic heterocycles. The van der Waals surface area contributed by atoms with E-state index in [-0.39, 0.29) is 11.8 Å². The number of amides is 2. The van der Waals surface area contributed by atoms with Gasteiger partial charge in [0.15, 0.2) is 0 Å². The Morgan fingerprint density at radius 2 is 1.83 bits per heavy atom. The largest absolute Gasteiger partial charge is 0.368 e. The molecule has 2 aromatic carbocycles. The Morgan fingerprint density at radius 3 is 2.62 bits per heavy atom. The van der Waals surface area contributed by atoms with Gasteiger partial charge in [-0.15, -0.1) is 0 Å². The summed E-state index contributed by atoms with van der Waals surface area (Å²) in [5.74, 6) is 0.0517. The molecule has 0 atom stereocenters. The molecule has 0 spiro atoms. The molecule has 5 nitrogen and oxygen atoms in total. The van der Waals surface area contributed by atoms with Crippen LogP contribution in [0.4, 0.5) is 11.4 Å². The first-order valence-corrected chi connectivity index (χ1v) is 10.5. The van der Waals surface area contributed by atoms with Crippen molar-refractivity contribution < 1.29 is 9.59 Å². The second-order valence-electron chi connectivity index (χ2n) is 8.93. The molecule has 3 heterocycles. The summed E-state index contributed by atoms with van der Waals surface area (Å²) in [7, 11) is 0. The van der Waals surface area contributed by atoms with E-state index in [4.69, 9.17) is 0 Å². The Hall–Kier alpha value is -2.82. The van der Waals surface area contributed by atoms with Gasteiger partial charge in [0.05, 0.1) is 5.41 Å². The number of hydrogen-bond acceptors (Lipinski definition) is 3. The molecular weight excluding hydrogens is 362 g/mol. The van der Waals surface area contributed by atoms with E-state index in [2.05, 4.69) is 34.5 Å². The molecule has 0 unspecified atom stereocenters. The molecular formula is C24H27N3O2. The molecule has 0 saturated carbocycles. The molecule has 1 fully saturated rings. The van der Waals surface area contributed by atoms with Crippen LogP contribution in [-0.2, 0) is 16.6 Å². The fourth-order valence-electron chi connectivity index (χ4n) is 5.03. The molecule has 2 aromatic rings. The minimum atomic E-state index is -0.540. The van der Waals surface area contributed by atoms with Crippen LogP contribution in [0.1, 0.15) is 48.2 Å². The van der Waals surface area contributed by atoms with E-state index in [1.165, 1.54) is 11.3 Å². The summed E-state index contributed by atoms with van der Waals surface area (Å²) in [4.78, 5) is 29.7. The number of carbonyl (C=O) groups excluding carboxylic acids is 2. The lowest BCUT2D eigenvalue weighted by atomic mass is 9.86. The number of carbonyl (C=O) groups is 2. The van der Waals surface area contributed by atoms with Crippen molar-refractivity contribution in [1.29, 1.82) is 0 Å². The Bertz CT molecular complexity index is 989. The lowest BCUT2D eigenvalue weighted by Crippen LogP contribution is -2.46. The topological polar surface area (TPSA) is 52.7 Å². The summed E-state index contributed by atoms with van der Waals surface area (Å²) in [6.07, 6.45) is 3.11. The minimum absolute atomic E-state index is 0.0104. The smallest absolute Gasteiger partial charge is 0.253 e. The molecule has 3 aliphatic heterocycles. The fourth-order valence-corrected chi connectivity index (χ4v) is 5.03.